The molecule has 0 saturated heterocycles. The molecule has 1 aliphatic rings. The minimum absolute atomic E-state index is 0.0693. The molecule has 0 saturated carbocycles. The van der Waals surface area contributed by atoms with Gasteiger partial charge in [0.2, 0.25) is 5.78 Å². The van der Waals surface area contributed by atoms with Crippen LogP contribution in [0.5, 0.6) is 0 Å². The molecule has 0 unspecified atom stereocenters. The molecule has 4 nitrogen and oxygen atoms in total. The molecule has 0 bridgehead atoms. The van der Waals surface area contributed by atoms with Crippen LogP contribution in [0, 0.1) is 0 Å². The van der Waals surface area contributed by atoms with Crippen LogP contribution in [0.3, 0.4) is 0 Å². The number of hydrogen-bond acceptors (Lipinski definition) is 4. The molecule has 0 aliphatic carbocycles. The van der Waals surface area contributed by atoms with E-state index in [0.29, 0.717) is 28.2 Å². The van der Waals surface area contributed by atoms with Gasteiger partial charge in [0, 0.05) is 31.5 Å². The van der Waals surface area contributed by atoms with Gasteiger partial charge in [-0.1, -0.05) is 31.9 Å². The molecule has 2 N–H and O–H groups in total. The Morgan fingerprint density at radius 3 is 2.57 bits per heavy atom. The molecule has 1 heterocycles. The summed E-state index contributed by atoms with van der Waals surface area (Å²) in [4.78, 5) is 23.7. The SMILES string of the molecule is C/C(Nc1cc(Br)ccc1C=O)=C1\Nc2cc(Br)ccc2C1=O. The topological polar surface area (TPSA) is 58.2 Å². The Balaban J connectivity index is 1.96. The summed E-state index contributed by atoms with van der Waals surface area (Å²) >= 11 is 6.78. The fraction of sp³-hybridized carbons (Fsp3) is 0.0588. The lowest BCUT2D eigenvalue weighted by Crippen LogP contribution is -2.10. The summed E-state index contributed by atoms with van der Waals surface area (Å²) in [6, 6.07) is 10.8. The van der Waals surface area contributed by atoms with E-state index in [2.05, 4.69) is 42.5 Å². The van der Waals surface area contributed by atoms with E-state index in [-0.39, 0.29) is 5.78 Å². The third-order valence-electron chi connectivity index (χ3n) is 3.55. The lowest BCUT2D eigenvalue weighted by atomic mass is 10.1. The molecule has 116 valence electrons. The molecule has 0 aromatic heterocycles. The number of hydrogen-bond donors (Lipinski definition) is 2. The maximum atomic E-state index is 12.5. The Morgan fingerprint density at radius 2 is 1.83 bits per heavy atom. The smallest absolute Gasteiger partial charge is 0.213 e. The van der Waals surface area contributed by atoms with E-state index in [4.69, 9.17) is 0 Å². The minimum atomic E-state index is -0.0693. The normalized spacial score (nSPS) is 15.0. The van der Waals surface area contributed by atoms with Crippen LogP contribution < -0.4 is 10.6 Å². The predicted molar refractivity (Wildman–Crippen MR) is 97.9 cm³/mol. The van der Waals surface area contributed by atoms with Gasteiger partial charge in [-0.15, -0.1) is 0 Å². The van der Waals surface area contributed by atoms with Gasteiger partial charge in [0.25, 0.3) is 0 Å². The lowest BCUT2D eigenvalue weighted by molar-refractivity contribution is 0.104. The number of aldehydes is 1. The Hall–Kier alpha value is -1.92. The average Bonchev–Trinajstić information content (AvgIpc) is 2.84. The summed E-state index contributed by atoms with van der Waals surface area (Å²) in [5, 5.41) is 6.28. The zero-order valence-electron chi connectivity index (χ0n) is 12.1. The van der Waals surface area contributed by atoms with E-state index in [9.17, 15) is 9.59 Å². The van der Waals surface area contributed by atoms with Crippen molar-refractivity contribution in [2.75, 3.05) is 10.6 Å². The average molecular weight is 436 g/mol. The molecule has 6 heteroatoms. The van der Waals surface area contributed by atoms with Gasteiger partial charge in [0.15, 0.2) is 6.29 Å². The first-order valence-corrected chi connectivity index (χ1v) is 8.42. The number of halogens is 2. The van der Waals surface area contributed by atoms with Gasteiger partial charge in [0.1, 0.15) is 5.70 Å². The van der Waals surface area contributed by atoms with E-state index in [1.807, 2.05) is 12.1 Å². The van der Waals surface area contributed by atoms with E-state index in [1.54, 1.807) is 31.2 Å². The van der Waals surface area contributed by atoms with Crippen LogP contribution in [-0.4, -0.2) is 12.1 Å². The zero-order chi connectivity index (χ0) is 16.6. The lowest BCUT2D eigenvalue weighted by Gasteiger charge is -2.12. The van der Waals surface area contributed by atoms with Crippen molar-refractivity contribution < 1.29 is 9.59 Å². The monoisotopic (exact) mass is 434 g/mol. The van der Waals surface area contributed by atoms with Crippen LogP contribution in [0.2, 0.25) is 0 Å². The van der Waals surface area contributed by atoms with Gasteiger partial charge in [-0.05, 0) is 43.3 Å². The summed E-state index contributed by atoms with van der Waals surface area (Å²) in [6.07, 6.45) is 0.780. The molecule has 23 heavy (non-hydrogen) atoms. The van der Waals surface area contributed by atoms with Crippen LogP contribution >= 0.6 is 31.9 Å². The second-order valence-electron chi connectivity index (χ2n) is 5.12. The third-order valence-corrected chi connectivity index (χ3v) is 4.54. The molecule has 0 spiro atoms. The Kier molecular flexibility index (Phi) is 4.37. The number of Topliss-reactive ketones (excluding diaryl/α,β-unsaturated/α-hetero) is 1. The van der Waals surface area contributed by atoms with Gasteiger partial charge in [-0.2, -0.15) is 0 Å². The summed E-state index contributed by atoms with van der Waals surface area (Å²) in [6.45, 7) is 1.80. The van der Waals surface area contributed by atoms with Crippen molar-refractivity contribution in [1.29, 1.82) is 0 Å². The number of rotatable bonds is 3. The van der Waals surface area contributed by atoms with Gasteiger partial charge in [0.05, 0.1) is 5.69 Å². The highest BCUT2D eigenvalue weighted by molar-refractivity contribution is 9.10. The molecule has 0 radical (unpaired) electrons. The van der Waals surface area contributed by atoms with Crippen molar-refractivity contribution in [2.45, 2.75) is 6.92 Å². The maximum absolute atomic E-state index is 12.5. The molecule has 2 aromatic rings. The van der Waals surface area contributed by atoms with Gasteiger partial charge in [-0.25, -0.2) is 0 Å². The Bertz CT molecular complexity index is 860. The number of carbonyl (C=O) groups excluding carboxylic acids is 2. The second kappa shape index (κ2) is 6.29. The Morgan fingerprint density at radius 1 is 1.13 bits per heavy atom. The highest BCUT2D eigenvalue weighted by Crippen LogP contribution is 2.32. The van der Waals surface area contributed by atoms with Crippen LogP contribution in [0.4, 0.5) is 11.4 Å². The molecular weight excluding hydrogens is 424 g/mol. The summed E-state index contributed by atoms with van der Waals surface area (Å²) in [7, 11) is 0. The Labute approximate surface area is 150 Å². The standard InChI is InChI=1S/C17H12Br2N2O2/c1-9(20-14-6-11(18)3-2-10(14)8-22)16-17(23)13-5-4-12(19)7-15(13)21-16/h2-8,20-21H,1H3/b16-9+. The van der Waals surface area contributed by atoms with E-state index >= 15 is 0 Å². The highest BCUT2D eigenvalue weighted by Gasteiger charge is 2.26. The number of nitrogens with one attached hydrogen (secondary N) is 2. The van der Waals surface area contributed by atoms with Crippen molar-refractivity contribution in [3.8, 4) is 0 Å². The number of benzene rings is 2. The molecule has 0 fully saturated rings. The molecule has 2 aromatic carbocycles. The molecular formula is C17H12Br2N2O2. The number of fused-ring (bicyclic) bond motifs is 1. The predicted octanol–water partition coefficient (Wildman–Crippen LogP) is 4.98. The van der Waals surface area contributed by atoms with Crippen LogP contribution in [0.25, 0.3) is 0 Å². The fourth-order valence-electron chi connectivity index (χ4n) is 2.41. The number of allylic oxidation sites excluding steroid dienone is 2. The summed E-state index contributed by atoms with van der Waals surface area (Å²) < 4.78 is 1.75. The van der Waals surface area contributed by atoms with Crippen molar-refractivity contribution in [3.05, 3.63) is 67.9 Å². The largest absolute Gasteiger partial charge is 0.357 e. The van der Waals surface area contributed by atoms with Crippen molar-refractivity contribution in [3.63, 3.8) is 0 Å². The first-order chi connectivity index (χ1) is 11.0. The van der Waals surface area contributed by atoms with Crippen LogP contribution in [0.15, 0.2) is 56.7 Å². The van der Waals surface area contributed by atoms with Gasteiger partial charge in [-0.3, -0.25) is 9.59 Å². The van der Waals surface area contributed by atoms with Gasteiger partial charge >= 0.3 is 0 Å². The van der Waals surface area contributed by atoms with Crippen LogP contribution in [-0.2, 0) is 0 Å². The molecule has 0 atom stereocenters. The highest BCUT2D eigenvalue weighted by atomic mass is 79.9. The number of ketones is 1. The summed E-state index contributed by atoms with van der Waals surface area (Å²) in [5.41, 5.74) is 3.71. The maximum Gasteiger partial charge on any atom is 0.213 e. The number of anilines is 2. The van der Waals surface area contributed by atoms with Gasteiger partial charge < -0.3 is 10.6 Å². The first kappa shape index (κ1) is 16.0. The van der Waals surface area contributed by atoms with Crippen LogP contribution in [0.1, 0.15) is 27.6 Å². The van der Waals surface area contributed by atoms with E-state index < -0.39 is 0 Å². The fourth-order valence-corrected chi connectivity index (χ4v) is 3.13. The second-order valence-corrected chi connectivity index (χ2v) is 6.95. The zero-order valence-corrected chi connectivity index (χ0v) is 15.3. The van der Waals surface area contributed by atoms with Crippen molar-refractivity contribution >= 4 is 55.3 Å². The summed E-state index contributed by atoms with van der Waals surface area (Å²) in [5.74, 6) is -0.0693. The molecule has 3 rings (SSSR count). The minimum Gasteiger partial charge on any atom is -0.357 e. The quantitative estimate of drug-likeness (QED) is 0.527. The molecule has 1 aliphatic heterocycles. The van der Waals surface area contributed by atoms with Crippen molar-refractivity contribution in [1.82, 2.24) is 0 Å². The molecule has 0 amide bonds. The van der Waals surface area contributed by atoms with Crippen molar-refractivity contribution in [2.24, 2.45) is 0 Å². The third kappa shape index (κ3) is 3.09. The van der Waals surface area contributed by atoms with E-state index in [0.717, 1.165) is 20.9 Å². The number of carbonyl (C=O) groups is 2. The van der Waals surface area contributed by atoms with E-state index in [1.165, 1.54) is 0 Å². The first-order valence-electron chi connectivity index (χ1n) is 6.83.